The van der Waals surface area contributed by atoms with Gasteiger partial charge in [0.2, 0.25) is 0 Å². The minimum atomic E-state index is 0.983. The first kappa shape index (κ1) is 9.03. The van der Waals surface area contributed by atoms with Crippen LogP contribution in [0.2, 0.25) is 0 Å². The number of nitrogens with zero attached hydrogens (tertiary/aromatic N) is 1. The van der Waals surface area contributed by atoms with Crippen LogP contribution in [0.15, 0.2) is 23.1 Å². The summed E-state index contributed by atoms with van der Waals surface area (Å²) in [6.45, 7) is 2.17. The van der Waals surface area contributed by atoms with Crippen LogP contribution in [-0.4, -0.2) is 4.98 Å². The van der Waals surface area contributed by atoms with Crippen molar-refractivity contribution in [1.29, 1.82) is 0 Å². The zero-order valence-corrected chi connectivity index (χ0v) is 9.16. The number of thiol groups is 1. The number of hydrogen-bond acceptors (Lipinski definition) is 3. The molecule has 0 fully saturated rings. The van der Waals surface area contributed by atoms with Gasteiger partial charge in [-0.1, -0.05) is 13.0 Å². The van der Waals surface area contributed by atoms with Gasteiger partial charge < -0.3 is 0 Å². The highest BCUT2D eigenvalue weighted by molar-refractivity contribution is 7.80. The number of para-hydroxylation sites is 1. The average Bonchev–Trinajstić information content (AvgIpc) is 2.49. The maximum atomic E-state index is 4.54. The van der Waals surface area contributed by atoms with E-state index in [1.165, 1.54) is 9.71 Å². The summed E-state index contributed by atoms with van der Waals surface area (Å²) in [5.41, 5.74) is 1.05. The summed E-state index contributed by atoms with van der Waals surface area (Å²) in [5, 5.41) is 1.22. The Morgan fingerprint density at radius 3 is 3.00 bits per heavy atom. The molecule has 0 radical (unpaired) electrons. The van der Waals surface area contributed by atoms with Crippen molar-refractivity contribution in [2.45, 2.75) is 24.7 Å². The first-order chi connectivity index (χ1) is 6.31. The zero-order valence-electron chi connectivity index (χ0n) is 7.45. The minimum Gasteiger partial charge on any atom is -0.240 e. The molecule has 0 amide bonds. The van der Waals surface area contributed by atoms with Crippen LogP contribution in [0.4, 0.5) is 0 Å². The van der Waals surface area contributed by atoms with Crippen LogP contribution < -0.4 is 0 Å². The fraction of sp³-hybridized carbons (Fsp3) is 0.300. The molecule has 1 aromatic carbocycles. The van der Waals surface area contributed by atoms with E-state index < -0.39 is 0 Å². The van der Waals surface area contributed by atoms with E-state index in [0.717, 1.165) is 23.3 Å². The van der Waals surface area contributed by atoms with Crippen LogP contribution in [0.25, 0.3) is 10.2 Å². The van der Waals surface area contributed by atoms with E-state index in [1.54, 1.807) is 11.3 Å². The van der Waals surface area contributed by atoms with E-state index in [9.17, 15) is 0 Å². The summed E-state index contributed by atoms with van der Waals surface area (Å²) in [4.78, 5) is 5.53. The van der Waals surface area contributed by atoms with Crippen molar-refractivity contribution in [3.63, 3.8) is 0 Å². The van der Waals surface area contributed by atoms with Crippen molar-refractivity contribution in [1.82, 2.24) is 4.98 Å². The van der Waals surface area contributed by atoms with Crippen LogP contribution in [0, 0.1) is 0 Å². The Balaban J connectivity index is 2.55. The molecule has 0 aliphatic rings. The molecule has 2 aromatic rings. The minimum absolute atomic E-state index is 0.983. The van der Waals surface area contributed by atoms with Crippen LogP contribution in [0.3, 0.4) is 0 Å². The number of aromatic nitrogens is 1. The van der Waals surface area contributed by atoms with Crippen LogP contribution in [-0.2, 0) is 6.42 Å². The van der Waals surface area contributed by atoms with Crippen LogP contribution in [0.5, 0.6) is 0 Å². The quantitative estimate of drug-likeness (QED) is 0.746. The van der Waals surface area contributed by atoms with Gasteiger partial charge in [-0.05, 0) is 25.0 Å². The number of benzene rings is 1. The van der Waals surface area contributed by atoms with Crippen molar-refractivity contribution in [3.05, 3.63) is 23.2 Å². The monoisotopic (exact) mass is 209 g/mol. The third-order valence-electron chi connectivity index (χ3n) is 1.91. The third-order valence-corrected chi connectivity index (χ3v) is 3.35. The number of fused-ring (bicyclic) bond motifs is 1. The topological polar surface area (TPSA) is 12.9 Å². The second kappa shape index (κ2) is 3.68. The third kappa shape index (κ3) is 1.71. The van der Waals surface area contributed by atoms with E-state index in [2.05, 4.69) is 30.6 Å². The number of hydrogen-bond donors (Lipinski definition) is 1. The lowest BCUT2D eigenvalue weighted by molar-refractivity contribution is 0.912. The van der Waals surface area contributed by atoms with Crippen molar-refractivity contribution < 1.29 is 0 Å². The molecule has 1 nitrogen and oxygen atoms in total. The molecule has 0 N–H and O–H groups in total. The van der Waals surface area contributed by atoms with Crippen molar-refractivity contribution in [2.75, 3.05) is 0 Å². The van der Waals surface area contributed by atoms with Gasteiger partial charge in [0.25, 0.3) is 0 Å². The molecular formula is C10H11NS2. The standard InChI is InChI=1S/C10H11NS2/c1-2-4-9-11-10-7(12)5-3-6-8(10)13-9/h3,5-6,12H,2,4H2,1H3. The molecule has 13 heavy (non-hydrogen) atoms. The van der Waals surface area contributed by atoms with E-state index in [4.69, 9.17) is 0 Å². The summed E-state index contributed by atoms with van der Waals surface area (Å²) in [5.74, 6) is 0. The van der Waals surface area contributed by atoms with E-state index in [-0.39, 0.29) is 0 Å². The van der Waals surface area contributed by atoms with Gasteiger partial charge in [-0.25, -0.2) is 4.98 Å². The predicted molar refractivity (Wildman–Crippen MR) is 60.9 cm³/mol. The Morgan fingerprint density at radius 2 is 2.31 bits per heavy atom. The van der Waals surface area contributed by atoms with Crippen LogP contribution in [0.1, 0.15) is 18.4 Å². The Bertz CT molecular complexity index is 420. The van der Waals surface area contributed by atoms with Gasteiger partial charge in [-0.15, -0.1) is 24.0 Å². The number of thiazole rings is 1. The molecule has 0 spiro atoms. The average molecular weight is 209 g/mol. The Hall–Kier alpha value is -0.540. The molecule has 3 heteroatoms. The first-order valence-electron chi connectivity index (χ1n) is 4.38. The lowest BCUT2D eigenvalue weighted by Gasteiger charge is -1.89. The van der Waals surface area contributed by atoms with E-state index in [1.807, 2.05) is 12.1 Å². The molecule has 1 heterocycles. The number of aryl methyl sites for hydroxylation is 1. The molecule has 0 unspecified atom stereocenters. The SMILES string of the molecule is CCCc1nc2c(S)cccc2s1. The van der Waals surface area contributed by atoms with E-state index >= 15 is 0 Å². The fourth-order valence-electron chi connectivity index (χ4n) is 1.30. The summed E-state index contributed by atoms with van der Waals surface area (Å²) < 4.78 is 1.25. The summed E-state index contributed by atoms with van der Waals surface area (Å²) in [7, 11) is 0. The van der Waals surface area contributed by atoms with Gasteiger partial charge in [0.15, 0.2) is 0 Å². The second-order valence-electron chi connectivity index (χ2n) is 2.98. The molecule has 0 atom stereocenters. The zero-order chi connectivity index (χ0) is 9.26. The predicted octanol–water partition coefficient (Wildman–Crippen LogP) is 3.54. The lowest BCUT2D eigenvalue weighted by Crippen LogP contribution is -1.79. The van der Waals surface area contributed by atoms with Gasteiger partial charge in [0.1, 0.15) is 0 Å². The molecule has 0 aliphatic heterocycles. The van der Waals surface area contributed by atoms with Gasteiger partial charge in [-0.3, -0.25) is 0 Å². The molecule has 0 aliphatic carbocycles. The highest BCUT2D eigenvalue weighted by Crippen LogP contribution is 2.27. The first-order valence-corrected chi connectivity index (χ1v) is 5.65. The largest absolute Gasteiger partial charge is 0.240 e. The molecule has 0 saturated carbocycles. The second-order valence-corrected chi connectivity index (χ2v) is 4.58. The molecule has 2 rings (SSSR count). The maximum Gasteiger partial charge on any atom is 0.0948 e. The van der Waals surface area contributed by atoms with Gasteiger partial charge in [0, 0.05) is 4.90 Å². The van der Waals surface area contributed by atoms with Crippen LogP contribution >= 0.6 is 24.0 Å². The van der Waals surface area contributed by atoms with Gasteiger partial charge in [-0.2, -0.15) is 0 Å². The Labute approximate surface area is 87.2 Å². The lowest BCUT2D eigenvalue weighted by atomic mass is 10.3. The van der Waals surface area contributed by atoms with Crippen molar-refractivity contribution in [2.24, 2.45) is 0 Å². The molecule has 1 aromatic heterocycles. The molecule has 0 bridgehead atoms. The maximum absolute atomic E-state index is 4.54. The summed E-state index contributed by atoms with van der Waals surface area (Å²) >= 11 is 6.15. The highest BCUT2D eigenvalue weighted by atomic mass is 32.1. The highest BCUT2D eigenvalue weighted by Gasteiger charge is 2.04. The van der Waals surface area contributed by atoms with Crippen molar-refractivity contribution in [3.8, 4) is 0 Å². The Kier molecular flexibility index (Phi) is 2.56. The molecule has 0 saturated heterocycles. The normalized spacial score (nSPS) is 10.9. The molecule has 68 valence electrons. The molecular weight excluding hydrogens is 198 g/mol. The Morgan fingerprint density at radius 1 is 1.46 bits per heavy atom. The summed E-state index contributed by atoms with van der Waals surface area (Å²) in [6, 6.07) is 6.12. The number of rotatable bonds is 2. The van der Waals surface area contributed by atoms with E-state index in [0.29, 0.717) is 0 Å². The van der Waals surface area contributed by atoms with Crippen molar-refractivity contribution >= 4 is 34.2 Å². The summed E-state index contributed by atoms with van der Waals surface area (Å²) in [6.07, 6.45) is 2.23. The van der Waals surface area contributed by atoms with Gasteiger partial charge in [0.05, 0.1) is 15.2 Å². The smallest absolute Gasteiger partial charge is 0.0948 e. The fourth-order valence-corrected chi connectivity index (χ4v) is 2.73. The van der Waals surface area contributed by atoms with Gasteiger partial charge >= 0.3 is 0 Å².